The minimum absolute atomic E-state index is 0.0571. The van der Waals surface area contributed by atoms with Crippen LogP contribution < -0.4 is 14.8 Å². The van der Waals surface area contributed by atoms with Crippen molar-refractivity contribution in [2.24, 2.45) is 0 Å². The first kappa shape index (κ1) is 24.0. The molecule has 10 heteroatoms. The van der Waals surface area contributed by atoms with Gasteiger partial charge in [-0.25, -0.2) is 4.79 Å². The molecule has 2 aromatic carbocycles. The largest absolute Gasteiger partial charge is 0.493 e. The van der Waals surface area contributed by atoms with Gasteiger partial charge in [0.1, 0.15) is 0 Å². The van der Waals surface area contributed by atoms with Gasteiger partial charge in [0, 0.05) is 40.7 Å². The monoisotopic (exact) mass is 474 g/mol. The van der Waals surface area contributed by atoms with E-state index in [1.807, 2.05) is 12.1 Å². The van der Waals surface area contributed by atoms with E-state index in [1.54, 1.807) is 48.4 Å². The molecule has 0 unspecified atom stereocenters. The number of pyridine rings is 1. The van der Waals surface area contributed by atoms with E-state index in [0.717, 1.165) is 35.5 Å². The number of ether oxygens (including phenoxy) is 3. The van der Waals surface area contributed by atoms with Crippen LogP contribution in [0.25, 0.3) is 0 Å². The Morgan fingerprint density at radius 3 is 2.45 bits per heavy atom. The molecule has 7 nitrogen and oxygen atoms in total. The fraction of sp³-hybridized carbons (Fsp3) is 0.174. The Kier molecular flexibility index (Phi) is 8.20. The Morgan fingerprint density at radius 1 is 1.09 bits per heavy atom. The van der Waals surface area contributed by atoms with Crippen LogP contribution in [0.1, 0.15) is 26.3 Å². The van der Waals surface area contributed by atoms with Crippen molar-refractivity contribution < 1.29 is 32.6 Å². The van der Waals surface area contributed by atoms with Gasteiger partial charge in [0.15, 0.2) is 11.5 Å². The maximum absolute atomic E-state index is 12.8. The first-order valence-corrected chi connectivity index (χ1v) is 10.6. The van der Waals surface area contributed by atoms with E-state index < -0.39 is 18.5 Å². The number of alkyl halides is 2. The second kappa shape index (κ2) is 11.3. The van der Waals surface area contributed by atoms with E-state index >= 15 is 0 Å². The zero-order valence-corrected chi connectivity index (χ0v) is 18.5. The average Bonchev–Trinajstić information content (AvgIpc) is 2.83. The van der Waals surface area contributed by atoms with Crippen LogP contribution in [0.3, 0.4) is 0 Å². The van der Waals surface area contributed by atoms with Crippen LogP contribution in [0.5, 0.6) is 11.5 Å². The van der Waals surface area contributed by atoms with Crippen LogP contribution in [0.15, 0.2) is 65.8 Å². The van der Waals surface area contributed by atoms with Crippen LogP contribution in [-0.2, 0) is 10.5 Å². The average molecular weight is 474 g/mol. The third kappa shape index (κ3) is 6.42. The maximum Gasteiger partial charge on any atom is 0.387 e. The summed E-state index contributed by atoms with van der Waals surface area (Å²) in [6.45, 7) is -3.12. The molecule has 0 aliphatic carbocycles. The number of carbonyl (C=O) groups is 2. The fourth-order valence-electron chi connectivity index (χ4n) is 2.84. The molecule has 0 saturated heterocycles. The summed E-state index contributed by atoms with van der Waals surface area (Å²) in [7, 11) is 2.40. The lowest BCUT2D eigenvalue weighted by Gasteiger charge is -2.15. The van der Waals surface area contributed by atoms with Gasteiger partial charge in [-0.2, -0.15) is 8.78 Å². The highest BCUT2D eigenvalue weighted by Gasteiger charge is 2.21. The second-order valence-corrected chi connectivity index (χ2v) is 7.60. The third-order valence-electron chi connectivity index (χ3n) is 4.42. The van der Waals surface area contributed by atoms with E-state index in [-0.39, 0.29) is 22.7 Å². The number of hydrogen-bond acceptors (Lipinski definition) is 7. The van der Waals surface area contributed by atoms with Gasteiger partial charge in [-0.05, 0) is 35.9 Å². The van der Waals surface area contributed by atoms with Gasteiger partial charge in [0.05, 0.1) is 25.5 Å². The zero-order chi connectivity index (χ0) is 23.8. The molecule has 0 spiro atoms. The lowest BCUT2D eigenvalue weighted by Crippen LogP contribution is -2.16. The van der Waals surface area contributed by atoms with Gasteiger partial charge in [-0.15, -0.1) is 11.8 Å². The van der Waals surface area contributed by atoms with Gasteiger partial charge >= 0.3 is 12.6 Å². The molecular formula is C23H20F2N2O5S. The fourth-order valence-corrected chi connectivity index (χ4v) is 3.67. The molecule has 1 amide bonds. The molecule has 3 aromatic rings. The lowest BCUT2D eigenvalue weighted by molar-refractivity contribution is -0.0511. The number of aromatic nitrogens is 1. The van der Waals surface area contributed by atoms with E-state index in [2.05, 4.69) is 15.0 Å². The molecule has 172 valence electrons. The van der Waals surface area contributed by atoms with Crippen molar-refractivity contribution in [1.82, 2.24) is 4.98 Å². The highest BCUT2D eigenvalue weighted by atomic mass is 32.2. The van der Waals surface area contributed by atoms with Crippen LogP contribution in [0.2, 0.25) is 0 Å². The molecule has 0 radical (unpaired) electrons. The molecule has 0 aliphatic heterocycles. The van der Waals surface area contributed by atoms with Crippen molar-refractivity contribution in [1.29, 1.82) is 0 Å². The van der Waals surface area contributed by atoms with Gasteiger partial charge in [0.2, 0.25) is 0 Å². The van der Waals surface area contributed by atoms with E-state index in [4.69, 9.17) is 9.47 Å². The number of benzene rings is 2. The summed E-state index contributed by atoms with van der Waals surface area (Å²) in [6.07, 6.45) is 3.49. The molecule has 1 aromatic heterocycles. The maximum atomic E-state index is 12.8. The highest BCUT2D eigenvalue weighted by Crippen LogP contribution is 2.35. The first-order valence-electron chi connectivity index (χ1n) is 9.59. The Hall–Kier alpha value is -3.66. The summed E-state index contributed by atoms with van der Waals surface area (Å²) in [6, 6.07) is 12.9. The summed E-state index contributed by atoms with van der Waals surface area (Å²) >= 11 is 1.58. The molecule has 33 heavy (non-hydrogen) atoms. The number of halogens is 2. The van der Waals surface area contributed by atoms with Crippen molar-refractivity contribution in [3.63, 3.8) is 0 Å². The molecule has 0 saturated carbocycles. The summed E-state index contributed by atoms with van der Waals surface area (Å²) in [5.74, 6) is -1.05. The first-order chi connectivity index (χ1) is 15.9. The number of rotatable bonds is 9. The van der Waals surface area contributed by atoms with Crippen molar-refractivity contribution in [3.05, 3.63) is 77.6 Å². The molecule has 0 aliphatic rings. The Morgan fingerprint density at radius 2 is 1.85 bits per heavy atom. The number of thioether (sulfide) groups is 1. The number of nitrogens with zero attached hydrogens (tertiary/aromatic N) is 1. The number of methoxy groups -OCH3 is 2. The van der Waals surface area contributed by atoms with Crippen molar-refractivity contribution in [2.75, 3.05) is 19.5 Å². The van der Waals surface area contributed by atoms with Gasteiger partial charge in [0.25, 0.3) is 5.91 Å². The summed E-state index contributed by atoms with van der Waals surface area (Å²) < 4.78 is 39.7. The Balaban J connectivity index is 1.78. The topological polar surface area (TPSA) is 86.8 Å². The SMILES string of the molecule is COC(=O)c1cc(OC)c(OC(F)F)cc1NC(=O)c1ccc(SCc2cccnc2)cc1. The van der Waals surface area contributed by atoms with Crippen LogP contribution >= 0.6 is 11.8 Å². The smallest absolute Gasteiger partial charge is 0.387 e. The number of carbonyl (C=O) groups excluding carboxylic acids is 2. The van der Waals surface area contributed by atoms with Crippen molar-refractivity contribution in [3.8, 4) is 11.5 Å². The van der Waals surface area contributed by atoms with Gasteiger partial charge in [-0.3, -0.25) is 9.78 Å². The quantitative estimate of drug-likeness (QED) is 0.344. The van der Waals surface area contributed by atoms with Gasteiger partial charge in [-0.1, -0.05) is 6.07 Å². The predicted octanol–water partition coefficient (Wildman–Crippen LogP) is 5.02. The van der Waals surface area contributed by atoms with E-state index in [1.165, 1.54) is 7.11 Å². The van der Waals surface area contributed by atoms with Crippen molar-refractivity contribution in [2.45, 2.75) is 17.3 Å². The summed E-state index contributed by atoms with van der Waals surface area (Å²) in [4.78, 5) is 29.9. The van der Waals surface area contributed by atoms with Crippen LogP contribution in [0.4, 0.5) is 14.5 Å². The molecule has 0 atom stereocenters. The molecule has 1 heterocycles. The molecule has 1 N–H and O–H groups in total. The Labute approximate surface area is 193 Å². The number of nitrogens with one attached hydrogen (secondary N) is 1. The second-order valence-electron chi connectivity index (χ2n) is 6.55. The normalized spacial score (nSPS) is 10.6. The minimum Gasteiger partial charge on any atom is -0.493 e. The molecule has 0 fully saturated rings. The van der Waals surface area contributed by atoms with E-state index in [9.17, 15) is 18.4 Å². The zero-order valence-electron chi connectivity index (χ0n) is 17.7. The number of amides is 1. The predicted molar refractivity (Wildman–Crippen MR) is 119 cm³/mol. The van der Waals surface area contributed by atoms with Crippen LogP contribution in [0, 0.1) is 0 Å². The van der Waals surface area contributed by atoms with E-state index in [0.29, 0.717) is 5.56 Å². The number of anilines is 1. The standard InChI is InChI=1S/C23H20F2N2O5S/c1-30-19-10-17(22(29)31-2)18(11-20(19)32-23(24)25)27-21(28)15-5-7-16(8-6-15)33-13-14-4-3-9-26-12-14/h3-12,23H,13H2,1-2H3,(H,27,28). The molecule has 3 rings (SSSR count). The molecule has 0 bridgehead atoms. The van der Waals surface area contributed by atoms with Crippen LogP contribution in [-0.4, -0.2) is 37.7 Å². The lowest BCUT2D eigenvalue weighted by atomic mass is 10.1. The number of hydrogen-bond donors (Lipinski definition) is 1. The molecular weight excluding hydrogens is 454 g/mol. The highest BCUT2D eigenvalue weighted by molar-refractivity contribution is 7.98. The van der Waals surface area contributed by atoms with Gasteiger partial charge < -0.3 is 19.5 Å². The summed E-state index contributed by atoms with van der Waals surface area (Å²) in [5.41, 5.74) is 1.25. The third-order valence-corrected chi connectivity index (χ3v) is 5.50. The Bertz CT molecular complexity index is 1110. The number of esters is 1. The minimum atomic E-state index is -3.12. The summed E-state index contributed by atoms with van der Waals surface area (Å²) in [5, 5.41) is 2.55. The van der Waals surface area contributed by atoms with Crippen molar-refractivity contribution >= 4 is 29.3 Å².